The largest absolute Gasteiger partial charge is 0.334 e. The summed E-state index contributed by atoms with van der Waals surface area (Å²) in [5.41, 5.74) is 2.97. The van der Waals surface area contributed by atoms with Crippen LogP contribution in [0, 0.1) is 0 Å². The van der Waals surface area contributed by atoms with Crippen LogP contribution in [-0.2, 0) is 0 Å². The minimum atomic E-state index is 0.289. The zero-order chi connectivity index (χ0) is 15.4. The van der Waals surface area contributed by atoms with Crippen molar-refractivity contribution in [1.82, 2.24) is 15.1 Å². The molecule has 5 aliphatic rings. The summed E-state index contributed by atoms with van der Waals surface area (Å²) in [5.74, 6) is 0. The zero-order valence-electron chi connectivity index (χ0n) is 13.1. The molecule has 4 heteroatoms. The quantitative estimate of drug-likeness (QED) is 0.562. The van der Waals surface area contributed by atoms with E-state index in [0.29, 0.717) is 23.0 Å². The zero-order valence-corrected chi connectivity index (χ0v) is 14.7. The Kier molecular flexibility index (Phi) is 3.30. The lowest BCUT2D eigenvalue weighted by Crippen LogP contribution is -2.50. The van der Waals surface area contributed by atoms with Crippen molar-refractivity contribution in [2.45, 2.75) is 54.9 Å². The highest BCUT2D eigenvalue weighted by Crippen LogP contribution is 2.43. The summed E-state index contributed by atoms with van der Waals surface area (Å²) in [7, 11) is 0. The van der Waals surface area contributed by atoms with E-state index in [-0.39, 0.29) is 6.29 Å². The number of nitrogens with one attached hydrogen (secondary N) is 1. The lowest BCUT2D eigenvalue weighted by atomic mass is 9.98. The average Bonchev–Trinajstić information content (AvgIpc) is 3.09. The van der Waals surface area contributed by atoms with Crippen LogP contribution in [0.25, 0.3) is 0 Å². The van der Waals surface area contributed by atoms with E-state index < -0.39 is 0 Å². The van der Waals surface area contributed by atoms with Crippen LogP contribution in [0.3, 0.4) is 0 Å². The minimum absolute atomic E-state index is 0.289. The fourth-order valence-corrected chi connectivity index (χ4v) is 5.23. The normalized spacial score (nSPS) is 40.7. The van der Waals surface area contributed by atoms with Crippen LogP contribution in [0.5, 0.6) is 0 Å². The van der Waals surface area contributed by atoms with Crippen molar-refractivity contribution >= 4 is 15.9 Å². The van der Waals surface area contributed by atoms with Gasteiger partial charge in [-0.25, -0.2) is 0 Å². The van der Waals surface area contributed by atoms with Gasteiger partial charge < -0.3 is 9.80 Å². The van der Waals surface area contributed by atoms with Gasteiger partial charge in [0.05, 0.1) is 23.8 Å². The molecule has 1 saturated heterocycles. The van der Waals surface area contributed by atoms with Crippen LogP contribution in [0.4, 0.5) is 0 Å². The molecule has 0 radical (unpaired) electrons. The van der Waals surface area contributed by atoms with Crippen LogP contribution in [0.15, 0.2) is 60.0 Å². The Morgan fingerprint density at radius 1 is 1.09 bits per heavy atom. The van der Waals surface area contributed by atoms with Crippen LogP contribution < -0.4 is 5.32 Å². The van der Waals surface area contributed by atoms with Gasteiger partial charge in [0.25, 0.3) is 0 Å². The maximum atomic E-state index is 3.86. The Morgan fingerprint density at radius 3 is 2.91 bits per heavy atom. The Morgan fingerprint density at radius 2 is 2.00 bits per heavy atom. The van der Waals surface area contributed by atoms with Crippen molar-refractivity contribution in [2.24, 2.45) is 0 Å². The molecule has 0 aromatic rings. The van der Waals surface area contributed by atoms with E-state index in [1.807, 2.05) is 0 Å². The number of halogens is 1. The van der Waals surface area contributed by atoms with Crippen molar-refractivity contribution in [3.05, 3.63) is 60.0 Å². The molecule has 23 heavy (non-hydrogen) atoms. The second-order valence-electron chi connectivity index (χ2n) is 6.98. The second-order valence-corrected chi connectivity index (χ2v) is 8.27. The lowest BCUT2D eigenvalue weighted by Gasteiger charge is -2.38. The fraction of sp³-hybridized carbons (Fsp3) is 0.474. The van der Waals surface area contributed by atoms with Crippen molar-refractivity contribution < 1.29 is 0 Å². The summed E-state index contributed by atoms with van der Waals surface area (Å²) in [6.07, 6.45) is 23.4. The lowest BCUT2D eigenvalue weighted by molar-refractivity contribution is 0.118. The molecule has 0 aromatic carbocycles. The van der Waals surface area contributed by atoms with Gasteiger partial charge in [0, 0.05) is 10.5 Å². The number of rotatable bonds is 1. The van der Waals surface area contributed by atoms with Gasteiger partial charge in [-0.1, -0.05) is 58.5 Å². The summed E-state index contributed by atoms with van der Waals surface area (Å²) < 4.78 is 0. The molecule has 1 N–H and O–H groups in total. The second kappa shape index (κ2) is 5.38. The molecule has 5 atom stereocenters. The van der Waals surface area contributed by atoms with Gasteiger partial charge >= 0.3 is 0 Å². The highest BCUT2D eigenvalue weighted by molar-refractivity contribution is 9.09. The van der Waals surface area contributed by atoms with E-state index in [0.717, 1.165) is 19.3 Å². The Labute approximate surface area is 146 Å². The van der Waals surface area contributed by atoms with Gasteiger partial charge in [-0.2, -0.15) is 0 Å². The molecule has 2 aliphatic heterocycles. The summed E-state index contributed by atoms with van der Waals surface area (Å²) >= 11 is 3.83. The third-order valence-corrected chi connectivity index (χ3v) is 6.36. The standard InChI is InChI=1S/C19H22BrN3/c20-13-6-5-7-14(12-13)22-17-10-3-4-11-18(17)23-16-9-2-1-8-15(16)21-19(22)23/h1-2,4-5,7-9,11,13-16,19,21H,3,6,10,12H2. The van der Waals surface area contributed by atoms with Gasteiger partial charge in [0.1, 0.15) is 0 Å². The molecule has 0 saturated carbocycles. The number of nitrogens with zero attached hydrogens (tertiary/aromatic N) is 2. The highest BCUT2D eigenvalue weighted by atomic mass is 79.9. The van der Waals surface area contributed by atoms with Gasteiger partial charge in [0.2, 0.25) is 0 Å². The molecular formula is C19H22BrN3. The van der Waals surface area contributed by atoms with Gasteiger partial charge in [0.15, 0.2) is 6.29 Å². The molecule has 5 rings (SSSR count). The number of hydrogen-bond acceptors (Lipinski definition) is 3. The molecule has 1 fully saturated rings. The summed E-state index contributed by atoms with van der Waals surface area (Å²) in [6.45, 7) is 0. The maximum Gasteiger partial charge on any atom is 0.159 e. The molecule has 0 spiro atoms. The first-order chi connectivity index (χ1) is 11.3. The molecule has 2 heterocycles. The first-order valence-electron chi connectivity index (χ1n) is 8.71. The van der Waals surface area contributed by atoms with Gasteiger partial charge in [-0.15, -0.1) is 0 Å². The summed E-state index contributed by atoms with van der Waals surface area (Å²) in [5, 5.41) is 3.86. The third kappa shape index (κ3) is 2.11. The molecule has 0 bridgehead atoms. The SMILES string of the molecule is BrC1CC=CC(N2C3=C(C=CCC3)N3C4C=CC=CC4NC23)C1. The Balaban J connectivity index is 1.56. The predicted molar refractivity (Wildman–Crippen MR) is 96.7 cm³/mol. The molecule has 3 aliphatic carbocycles. The maximum absolute atomic E-state index is 3.86. The van der Waals surface area contributed by atoms with E-state index in [2.05, 4.69) is 79.7 Å². The molecule has 5 unspecified atom stereocenters. The van der Waals surface area contributed by atoms with Crippen LogP contribution in [-0.4, -0.2) is 39.0 Å². The fourth-order valence-electron chi connectivity index (χ4n) is 4.63. The monoisotopic (exact) mass is 371 g/mol. The number of allylic oxidation sites excluding steroid dienone is 6. The van der Waals surface area contributed by atoms with Crippen molar-refractivity contribution in [1.29, 1.82) is 0 Å². The molecule has 0 amide bonds. The number of hydrogen-bond donors (Lipinski definition) is 1. The van der Waals surface area contributed by atoms with E-state index >= 15 is 0 Å². The van der Waals surface area contributed by atoms with Crippen molar-refractivity contribution in [3.8, 4) is 0 Å². The van der Waals surface area contributed by atoms with E-state index in [1.54, 1.807) is 0 Å². The van der Waals surface area contributed by atoms with Crippen LogP contribution in [0.1, 0.15) is 25.7 Å². The third-order valence-electron chi connectivity index (χ3n) is 5.61. The first-order valence-corrected chi connectivity index (χ1v) is 9.62. The van der Waals surface area contributed by atoms with Gasteiger partial charge in [-0.3, -0.25) is 5.32 Å². The Hall–Kier alpha value is -1.26. The molecular weight excluding hydrogens is 350 g/mol. The van der Waals surface area contributed by atoms with E-state index in [1.165, 1.54) is 17.8 Å². The van der Waals surface area contributed by atoms with Crippen LogP contribution in [0.2, 0.25) is 0 Å². The minimum Gasteiger partial charge on any atom is -0.334 e. The summed E-state index contributed by atoms with van der Waals surface area (Å²) in [4.78, 5) is 5.85. The van der Waals surface area contributed by atoms with E-state index in [9.17, 15) is 0 Å². The number of alkyl halides is 1. The predicted octanol–water partition coefficient (Wildman–Crippen LogP) is 3.40. The highest BCUT2D eigenvalue weighted by Gasteiger charge is 2.50. The van der Waals surface area contributed by atoms with Crippen LogP contribution >= 0.6 is 15.9 Å². The van der Waals surface area contributed by atoms with Crippen molar-refractivity contribution in [2.75, 3.05) is 0 Å². The smallest absolute Gasteiger partial charge is 0.159 e. The number of fused-ring (bicyclic) bond motifs is 4. The molecule has 3 nitrogen and oxygen atoms in total. The Bertz CT molecular complexity index is 660. The first kappa shape index (κ1) is 14.1. The molecule has 120 valence electrons. The molecule has 0 aromatic heterocycles. The topological polar surface area (TPSA) is 18.5 Å². The average molecular weight is 372 g/mol. The van der Waals surface area contributed by atoms with Gasteiger partial charge in [-0.05, 0) is 31.8 Å². The van der Waals surface area contributed by atoms with E-state index in [4.69, 9.17) is 0 Å². The van der Waals surface area contributed by atoms with Crippen molar-refractivity contribution in [3.63, 3.8) is 0 Å². The summed E-state index contributed by atoms with van der Waals surface area (Å²) in [6, 6.07) is 1.35.